The minimum absolute atomic E-state index is 0. The Morgan fingerprint density at radius 3 is 2.85 bits per heavy atom. The van der Waals surface area contributed by atoms with E-state index in [1.54, 1.807) is 0 Å². The van der Waals surface area contributed by atoms with Crippen LogP contribution in [0.2, 0.25) is 0 Å². The van der Waals surface area contributed by atoms with Crippen LogP contribution in [0.25, 0.3) is 11.3 Å². The minimum Gasteiger partial charge on any atom is -0.304 e. The molecule has 2 aromatic rings. The fourth-order valence-electron chi connectivity index (χ4n) is 3.85. The van der Waals surface area contributed by atoms with Crippen LogP contribution >= 0.6 is 0 Å². The van der Waals surface area contributed by atoms with E-state index in [2.05, 4.69) is 43.2 Å². The van der Waals surface area contributed by atoms with Gasteiger partial charge in [-0.25, -0.2) is 0 Å². The zero-order valence-electron chi connectivity index (χ0n) is 11.8. The first-order valence-corrected chi connectivity index (χ1v) is 7.12. The first-order valence-electron chi connectivity index (χ1n) is 7.12. The molecule has 1 nitrogen and oxygen atoms in total. The average Bonchev–Trinajstić information content (AvgIpc) is 2.46. The van der Waals surface area contributed by atoms with Gasteiger partial charge in [0.1, 0.15) is 0 Å². The number of pyridine rings is 1. The van der Waals surface area contributed by atoms with E-state index in [0.717, 1.165) is 23.1 Å². The molecule has 0 amide bonds. The van der Waals surface area contributed by atoms with Gasteiger partial charge in [-0.1, -0.05) is 19.9 Å². The third kappa shape index (κ3) is 1.89. The van der Waals surface area contributed by atoms with E-state index in [9.17, 15) is 0 Å². The van der Waals surface area contributed by atoms with E-state index in [-0.39, 0.29) is 20.1 Å². The Morgan fingerprint density at radius 1 is 1.30 bits per heavy atom. The quantitative estimate of drug-likeness (QED) is 0.605. The number of hydrogen-bond donors (Lipinski definition) is 0. The van der Waals surface area contributed by atoms with Crippen LogP contribution in [-0.2, 0) is 26.5 Å². The van der Waals surface area contributed by atoms with Crippen molar-refractivity contribution in [2.45, 2.75) is 32.6 Å². The van der Waals surface area contributed by atoms with Crippen molar-refractivity contribution in [1.82, 2.24) is 4.98 Å². The van der Waals surface area contributed by atoms with Gasteiger partial charge in [-0.15, -0.1) is 35.9 Å². The molecule has 20 heavy (non-hydrogen) atoms. The zero-order valence-corrected chi connectivity index (χ0v) is 14.2. The summed E-state index contributed by atoms with van der Waals surface area (Å²) in [6, 6.07) is 13.6. The molecule has 2 atom stereocenters. The van der Waals surface area contributed by atoms with Crippen molar-refractivity contribution in [2.75, 3.05) is 0 Å². The van der Waals surface area contributed by atoms with E-state index in [1.807, 2.05) is 18.2 Å². The summed E-state index contributed by atoms with van der Waals surface area (Å²) >= 11 is 0. The van der Waals surface area contributed by atoms with Crippen LogP contribution in [0.4, 0.5) is 0 Å². The van der Waals surface area contributed by atoms with Crippen molar-refractivity contribution in [1.29, 1.82) is 0 Å². The van der Waals surface area contributed by atoms with Gasteiger partial charge < -0.3 is 4.98 Å². The van der Waals surface area contributed by atoms with Crippen molar-refractivity contribution >= 4 is 0 Å². The van der Waals surface area contributed by atoms with Crippen molar-refractivity contribution < 1.29 is 20.1 Å². The van der Waals surface area contributed by atoms with Crippen LogP contribution in [0.1, 0.15) is 37.3 Å². The molecule has 0 unspecified atom stereocenters. The Morgan fingerprint density at radius 2 is 2.15 bits per heavy atom. The molecule has 3 aliphatic carbocycles. The molecule has 2 bridgehead atoms. The van der Waals surface area contributed by atoms with E-state index in [0.29, 0.717) is 5.41 Å². The van der Waals surface area contributed by atoms with Gasteiger partial charge in [0.2, 0.25) is 0 Å². The van der Waals surface area contributed by atoms with E-state index >= 15 is 0 Å². The van der Waals surface area contributed by atoms with Crippen LogP contribution < -0.4 is 0 Å². The second-order valence-corrected chi connectivity index (χ2v) is 6.56. The number of benzene rings is 1. The Hall–Kier alpha value is -0.981. The van der Waals surface area contributed by atoms with Gasteiger partial charge in [0.25, 0.3) is 0 Å². The van der Waals surface area contributed by atoms with Gasteiger partial charge >= 0.3 is 0 Å². The van der Waals surface area contributed by atoms with Crippen molar-refractivity contribution in [3.63, 3.8) is 0 Å². The summed E-state index contributed by atoms with van der Waals surface area (Å²) in [6.07, 6.45) is 4.70. The molecule has 105 valence electrons. The van der Waals surface area contributed by atoms with Gasteiger partial charge in [0.05, 0.1) is 0 Å². The number of rotatable bonds is 1. The van der Waals surface area contributed by atoms with Gasteiger partial charge in [0.15, 0.2) is 0 Å². The molecule has 2 heteroatoms. The number of aromatic nitrogens is 1. The van der Waals surface area contributed by atoms with E-state index in [4.69, 9.17) is 0 Å². The molecular weight excluding hydrogens is 422 g/mol. The number of nitrogens with zero attached hydrogens (tertiary/aromatic N) is 1. The summed E-state index contributed by atoms with van der Waals surface area (Å²) in [5.74, 6) is 1.59. The Bertz CT molecular complexity index is 633. The van der Waals surface area contributed by atoms with Crippen LogP contribution in [-0.4, -0.2) is 4.98 Å². The van der Waals surface area contributed by atoms with Gasteiger partial charge in [-0.2, -0.15) is 0 Å². The molecule has 0 spiro atoms. The van der Waals surface area contributed by atoms with E-state index in [1.165, 1.54) is 24.0 Å². The van der Waals surface area contributed by atoms with Gasteiger partial charge in [0, 0.05) is 26.3 Å². The maximum atomic E-state index is 4.67. The summed E-state index contributed by atoms with van der Waals surface area (Å²) in [4.78, 5) is 4.67. The van der Waals surface area contributed by atoms with Gasteiger partial charge in [-0.3, -0.25) is 0 Å². The Labute approximate surface area is 134 Å². The molecule has 0 N–H and O–H groups in total. The van der Waals surface area contributed by atoms with Crippen LogP contribution in [0, 0.1) is 17.4 Å². The van der Waals surface area contributed by atoms with E-state index < -0.39 is 0 Å². The van der Waals surface area contributed by atoms with Crippen molar-refractivity contribution in [2.24, 2.45) is 11.3 Å². The third-order valence-corrected chi connectivity index (χ3v) is 5.32. The third-order valence-electron chi connectivity index (χ3n) is 5.32. The molecule has 0 saturated heterocycles. The molecule has 0 aliphatic heterocycles. The summed E-state index contributed by atoms with van der Waals surface area (Å²) in [5, 5.41) is 0. The maximum Gasteiger partial charge on any atom is 0.0198 e. The largest absolute Gasteiger partial charge is 0.304 e. The fraction of sp³-hybridized carbons (Fsp3) is 0.389. The molecule has 5 rings (SSSR count). The predicted molar refractivity (Wildman–Crippen MR) is 76.8 cm³/mol. The summed E-state index contributed by atoms with van der Waals surface area (Å²) in [5.41, 5.74) is 5.66. The van der Waals surface area contributed by atoms with Crippen LogP contribution in [0.3, 0.4) is 0 Å². The summed E-state index contributed by atoms with van der Waals surface area (Å²) in [6.45, 7) is 4.82. The molecule has 1 saturated carbocycles. The summed E-state index contributed by atoms with van der Waals surface area (Å²) in [7, 11) is 0. The monoisotopic (exact) mass is 441 g/mol. The normalized spacial score (nSPS) is 25.1. The fourth-order valence-corrected chi connectivity index (χ4v) is 3.85. The maximum absolute atomic E-state index is 4.67. The molecule has 1 heterocycles. The summed E-state index contributed by atoms with van der Waals surface area (Å²) < 4.78 is 0. The molecule has 1 aromatic heterocycles. The first-order chi connectivity index (χ1) is 9.16. The Kier molecular flexibility index (Phi) is 3.35. The second-order valence-electron chi connectivity index (χ2n) is 6.56. The Balaban J connectivity index is 0.00000121. The second kappa shape index (κ2) is 4.79. The van der Waals surface area contributed by atoms with Crippen molar-refractivity contribution in [3.05, 3.63) is 53.7 Å². The topological polar surface area (TPSA) is 12.9 Å². The molecule has 3 aliphatic rings. The SMILES string of the molecule is CC1(C)[C@H]2Cc3cc(-c4[c-]cccc4)ncc3[C@@H]1C2.[Ir]. The molecule has 1 fully saturated rings. The smallest absolute Gasteiger partial charge is 0.0198 e. The number of hydrogen-bond acceptors (Lipinski definition) is 1. The molecule has 1 aromatic carbocycles. The first kappa shape index (κ1) is 14.0. The molecular formula is C18H18IrN-. The zero-order chi connectivity index (χ0) is 13.0. The van der Waals surface area contributed by atoms with Crippen LogP contribution in [0.15, 0.2) is 36.5 Å². The average molecular weight is 441 g/mol. The predicted octanol–water partition coefficient (Wildman–Crippen LogP) is 4.23. The minimum atomic E-state index is 0. The van der Waals surface area contributed by atoms with Crippen molar-refractivity contribution in [3.8, 4) is 11.3 Å². The standard InChI is InChI=1S/C18H18N.Ir/c1-18(2)14-8-13-9-17(12-6-4-3-5-7-12)19-11-15(13)16(18)10-14;/h3-6,9,11,14,16H,8,10H2,1-2H3;/q-1;/t14-,16-;/m0./s1. The van der Waals surface area contributed by atoms with Crippen LogP contribution in [0.5, 0.6) is 0 Å². The molecule has 1 radical (unpaired) electrons. The van der Waals surface area contributed by atoms with Gasteiger partial charge in [-0.05, 0) is 46.9 Å².